The van der Waals surface area contributed by atoms with Gasteiger partial charge in [-0.05, 0) is 54.0 Å². The van der Waals surface area contributed by atoms with Gasteiger partial charge in [0.25, 0.3) is 0 Å². The molecule has 3 atom stereocenters. The zero-order chi connectivity index (χ0) is 13.7. The summed E-state index contributed by atoms with van der Waals surface area (Å²) in [5.41, 5.74) is 1.12. The molecule has 0 bridgehead atoms. The van der Waals surface area contributed by atoms with Crippen molar-refractivity contribution in [1.82, 2.24) is 4.90 Å². The zero-order valence-corrected chi connectivity index (χ0v) is 12.4. The Morgan fingerprint density at radius 1 is 1.40 bits per heavy atom. The maximum Gasteiger partial charge on any atom is 0.226 e. The highest BCUT2D eigenvalue weighted by molar-refractivity contribution is 7.08. The van der Waals surface area contributed by atoms with Gasteiger partial charge in [0.05, 0.1) is 11.6 Å². The molecule has 1 aromatic rings. The predicted octanol–water partition coefficient (Wildman–Crippen LogP) is 2.76. The Kier molecular flexibility index (Phi) is 2.93. The van der Waals surface area contributed by atoms with Crippen LogP contribution in [-0.4, -0.2) is 34.1 Å². The number of aliphatic hydroxyl groups excluding tert-OH is 1. The van der Waals surface area contributed by atoms with Crippen LogP contribution < -0.4 is 0 Å². The van der Waals surface area contributed by atoms with Gasteiger partial charge in [-0.1, -0.05) is 12.8 Å². The van der Waals surface area contributed by atoms with Gasteiger partial charge in [-0.2, -0.15) is 11.3 Å². The third-order valence-electron chi connectivity index (χ3n) is 5.60. The molecule has 1 amide bonds. The van der Waals surface area contributed by atoms with Crippen molar-refractivity contribution in [2.45, 2.75) is 56.1 Å². The number of carbonyl (C=O) groups excluding carboxylic acids is 1. The number of likely N-dealkylation sites (tertiary alicyclic amines) is 1. The van der Waals surface area contributed by atoms with E-state index in [4.69, 9.17) is 0 Å². The van der Waals surface area contributed by atoms with E-state index in [1.54, 1.807) is 11.3 Å². The Balaban J connectivity index is 1.52. The Morgan fingerprint density at radius 3 is 2.90 bits per heavy atom. The standard InChI is InChI=1S/C16H21NO2S/c18-14-3-7-17(16(14)5-1-2-6-16)15(19)13-9-12(13)11-4-8-20-10-11/h4,8,10,12-14,18H,1-3,5-7,9H2/t12-,13+,14?/m0/s1. The molecule has 0 radical (unpaired) electrons. The summed E-state index contributed by atoms with van der Waals surface area (Å²) >= 11 is 1.71. The summed E-state index contributed by atoms with van der Waals surface area (Å²) in [5.74, 6) is 0.914. The number of aliphatic hydroxyl groups is 1. The second-order valence-corrected chi connectivity index (χ2v) is 7.39. The van der Waals surface area contributed by atoms with Crippen LogP contribution in [0.3, 0.4) is 0 Å². The van der Waals surface area contributed by atoms with Crippen molar-refractivity contribution < 1.29 is 9.90 Å². The highest BCUT2D eigenvalue weighted by Crippen LogP contribution is 2.52. The first-order valence-corrected chi connectivity index (χ1v) is 8.68. The Morgan fingerprint density at radius 2 is 2.20 bits per heavy atom. The van der Waals surface area contributed by atoms with E-state index in [2.05, 4.69) is 21.7 Å². The summed E-state index contributed by atoms with van der Waals surface area (Å²) in [6, 6.07) is 2.15. The minimum absolute atomic E-state index is 0.173. The number of nitrogens with zero attached hydrogens (tertiary/aromatic N) is 1. The molecule has 1 N–H and O–H groups in total. The molecule has 3 fully saturated rings. The Bertz CT molecular complexity index is 507. The second kappa shape index (κ2) is 4.57. The molecule has 1 unspecified atom stereocenters. The first kappa shape index (κ1) is 12.8. The van der Waals surface area contributed by atoms with Crippen LogP contribution in [0.1, 0.15) is 50.0 Å². The number of amides is 1. The molecule has 2 aliphatic carbocycles. The van der Waals surface area contributed by atoms with Crippen LogP contribution in [0.25, 0.3) is 0 Å². The lowest BCUT2D eigenvalue weighted by Gasteiger charge is -2.37. The third-order valence-corrected chi connectivity index (χ3v) is 6.30. The predicted molar refractivity (Wildman–Crippen MR) is 78.7 cm³/mol. The summed E-state index contributed by atoms with van der Waals surface area (Å²) in [6.07, 6.45) is 5.76. The van der Waals surface area contributed by atoms with E-state index < -0.39 is 0 Å². The second-order valence-electron chi connectivity index (χ2n) is 6.61. The van der Waals surface area contributed by atoms with E-state index in [-0.39, 0.29) is 17.6 Å². The number of hydrogen-bond acceptors (Lipinski definition) is 3. The van der Waals surface area contributed by atoms with Gasteiger partial charge >= 0.3 is 0 Å². The number of rotatable bonds is 2. The fourth-order valence-corrected chi connectivity index (χ4v) is 5.09. The molecule has 4 rings (SSSR count). The first-order chi connectivity index (χ1) is 9.72. The average Bonchev–Trinajstić information content (AvgIpc) is 2.90. The van der Waals surface area contributed by atoms with Crippen LogP contribution >= 0.6 is 11.3 Å². The Hall–Kier alpha value is -0.870. The summed E-state index contributed by atoms with van der Waals surface area (Å²) in [7, 11) is 0. The van der Waals surface area contributed by atoms with Crippen molar-refractivity contribution in [2.24, 2.45) is 5.92 Å². The average molecular weight is 291 g/mol. The fourth-order valence-electron chi connectivity index (χ4n) is 4.37. The van der Waals surface area contributed by atoms with E-state index in [0.717, 1.165) is 45.1 Å². The van der Waals surface area contributed by atoms with Crippen LogP contribution in [0.5, 0.6) is 0 Å². The number of hydrogen-bond donors (Lipinski definition) is 1. The molecule has 0 aromatic carbocycles. The molecule has 2 heterocycles. The van der Waals surface area contributed by atoms with Crippen molar-refractivity contribution in [3.8, 4) is 0 Å². The molecule has 20 heavy (non-hydrogen) atoms. The molecule has 3 nitrogen and oxygen atoms in total. The molecular formula is C16H21NO2S. The lowest BCUT2D eigenvalue weighted by atomic mass is 9.91. The fraction of sp³-hybridized carbons (Fsp3) is 0.688. The molecule has 1 spiro atoms. The highest BCUT2D eigenvalue weighted by atomic mass is 32.1. The lowest BCUT2D eigenvalue weighted by Crippen LogP contribution is -2.51. The summed E-state index contributed by atoms with van der Waals surface area (Å²) in [4.78, 5) is 14.9. The van der Waals surface area contributed by atoms with Crippen molar-refractivity contribution in [3.63, 3.8) is 0 Å². The van der Waals surface area contributed by atoms with Gasteiger partial charge in [-0.3, -0.25) is 4.79 Å². The van der Waals surface area contributed by atoms with Gasteiger partial charge in [0, 0.05) is 12.5 Å². The van der Waals surface area contributed by atoms with Gasteiger partial charge in [0.2, 0.25) is 5.91 Å². The quantitative estimate of drug-likeness (QED) is 0.910. The topological polar surface area (TPSA) is 40.5 Å². The molecule has 2 saturated carbocycles. The number of thiophene rings is 1. The molecule has 1 aromatic heterocycles. The lowest BCUT2D eigenvalue weighted by molar-refractivity contribution is -0.139. The summed E-state index contributed by atoms with van der Waals surface area (Å²) < 4.78 is 0. The van der Waals surface area contributed by atoms with E-state index in [0.29, 0.717) is 11.8 Å². The molecule has 1 saturated heterocycles. The largest absolute Gasteiger partial charge is 0.391 e. The van der Waals surface area contributed by atoms with Gasteiger partial charge in [0.1, 0.15) is 0 Å². The van der Waals surface area contributed by atoms with E-state index in [1.165, 1.54) is 5.56 Å². The van der Waals surface area contributed by atoms with Crippen molar-refractivity contribution in [3.05, 3.63) is 22.4 Å². The minimum Gasteiger partial charge on any atom is -0.391 e. The SMILES string of the molecule is O=C([C@@H]1C[C@H]1c1ccsc1)N1CCC(O)C12CCCC2. The molecular weight excluding hydrogens is 270 g/mol. The van der Waals surface area contributed by atoms with Crippen LogP contribution in [0, 0.1) is 5.92 Å². The van der Waals surface area contributed by atoms with E-state index in [9.17, 15) is 9.90 Å². The highest BCUT2D eigenvalue weighted by Gasteiger charge is 2.56. The first-order valence-electron chi connectivity index (χ1n) is 7.74. The van der Waals surface area contributed by atoms with Crippen molar-refractivity contribution in [2.75, 3.05) is 6.54 Å². The van der Waals surface area contributed by atoms with E-state index >= 15 is 0 Å². The maximum atomic E-state index is 12.8. The van der Waals surface area contributed by atoms with Crippen molar-refractivity contribution in [1.29, 1.82) is 0 Å². The van der Waals surface area contributed by atoms with Crippen LogP contribution in [0.15, 0.2) is 16.8 Å². The van der Waals surface area contributed by atoms with E-state index in [1.807, 2.05) is 0 Å². The van der Waals surface area contributed by atoms with Gasteiger partial charge in [-0.25, -0.2) is 0 Å². The van der Waals surface area contributed by atoms with Gasteiger partial charge < -0.3 is 10.0 Å². The number of carbonyl (C=O) groups is 1. The van der Waals surface area contributed by atoms with Crippen molar-refractivity contribution >= 4 is 17.2 Å². The maximum absolute atomic E-state index is 12.8. The van der Waals surface area contributed by atoms with Crippen LogP contribution in [-0.2, 0) is 4.79 Å². The van der Waals surface area contributed by atoms with Crippen LogP contribution in [0.2, 0.25) is 0 Å². The minimum atomic E-state index is -0.299. The molecule has 3 aliphatic rings. The summed E-state index contributed by atoms with van der Waals surface area (Å²) in [5, 5.41) is 14.6. The van der Waals surface area contributed by atoms with Gasteiger partial charge in [0.15, 0.2) is 0 Å². The van der Waals surface area contributed by atoms with Gasteiger partial charge in [-0.15, -0.1) is 0 Å². The third kappa shape index (κ3) is 1.77. The molecule has 4 heteroatoms. The summed E-state index contributed by atoms with van der Waals surface area (Å²) in [6.45, 7) is 0.757. The normalized spacial score (nSPS) is 34.9. The molecule has 108 valence electrons. The van der Waals surface area contributed by atoms with Crippen LogP contribution in [0.4, 0.5) is 0 Å². The monoisotopic (exact) mass is 291 g/mol. The Labute approximate surface area is 123 Å². The smallest absolute Gasteiger partial charge is 0.226 e. The zero-order valence-electron chi connectivity index (χ0n) is 11.6. The molecule has 1 aliphatic heterocycles.